The maximum absolute atomic E-state index is 12.4. The monoisotopic (exact) mass is 348 g/mol. The third-order valence-corrected chi connectivity index (χ3v) is 5.03. The van der Waals surface area contributed by atoms with Gasteiger partial charge in [-0.05, 0) is 39.8 Å². The largest absolute Gasteiger partial charge is 0.461 e. The lowest BCUT2D eigenvalue weighted by Gasteiger charge is -2.35. The van der Waals surface area contributed by atoms with Gasteiger partial charge in [0.15, 0.2) is 0 Å². The highest BCUT2D eigenvalue weighted by atomic mass is 16.5. The summed E-state index contributed by atoms with van der Waals surface area (Å²) in [6, 6.07) is 0.570. The van der Waals surface area contributed by atoms with E-state index < -0.39 is 0 Å². The molecule has 0 unspecified atom stereocenters. The summed E-state index contributed by atoms with van der Waals surface area (Å²) < 4.78 is 7.06. The molecule has 7 heteroatoms. The first kappa shape index (κ1) is 17.9. The molecule has 0 radical (unpaired) electrons. The quantitative estimate of drug-likeness (QED) is 0.690. The molecule has 138 valence electrons. The number of likely N-dealkylation sites (tertiary alicyclic amines) is 1. The molecule has 2 fully saturated rings. The second-order valence-electron chi connectivity index (χ2n) is 7.24. The van der Waals surface area contributed by atoms with Crippen molar-refractivity contribution in [1.29, 1.82) is 0 Å². The number of piperidine rings is 1. The van der Waals surface area contributed by atoms with E-state index >= 15 is 0 Å². The van der Waals surface area contributed by atoms with Gasteiger partial charge in [0.05, 0.1) is 0 Å². The Morgan fingerprint density at radius 3 is 2.60 bits per heavy atom. The fraction of sp³-hybridized carbons (Fsp3) is 0.722. The zero-order valence-electron chi connectivity index (χ0n) is 15.2. The Kier molecular flexibility index (Phi) is 5.73. The molecule has 2 aliphatic rings. The minimum absolute atomic E-state index is 0.117. The summed E-state index contributed by atoms with van der Waals surface area (Å²) in [5.41, 5.74) is 0. The van der Waals surface area contributed by atoms with Gasteiger partial charge in [0.2, 0.25) is 5.91 Å². The topological polar surface area (TPSA) is 67.7 Å². The van der Waals surface area contributed by atoms with Crippen LogP contribution in [0.25, 0.3) is 0 Å². The number of amides is 1. The Labute approximate surface area is 148 Å². The molecule has 1 aromatic rings. The van der Waals surface area contributed by atoms with Crippen molar-refractivity contribution in [2.75, 3.05) is 27.2 Å². The fourth-order valence-corrected chi connectivity index (χ4v) is 3.27. The summed E-state index contributed by atoms with van der Waals surface area (Å²) in [5.74, 6) is 0.718. The van der Waals surface area contributed by atoms with Gasteiger partial charge in [-0.2, -0.15) is 0 Å². The lowest BCUT2D eigenvalue weighted by Crippen LogP contribution is -2.44. The molecule has 0 aromatic carbocycles. The number of rotatable bonds is 7. The van der Waals surface area contributed by atoms with Crippen LogP contribution < -0.4 is 0 Å². The van der Waals surface area contributed by atoms with Gasteiger partial charge in [-0.15, -0.1) is 0 Å². The van der Waals surface area contributed by atoms with Crippen LogP contribution in [0.3, 0.4) is 0 Å². The predicted octanol–water partition coefficient (Wildman–Crippen LogP) is 1.07. The number of carbonyl (C=O) groups is 2. The predicted molar refractivity (Wildman–Crippen MR) is 93.0 cm³/mol. The summed E-state index contributed by atoms with van der Waals surface area (Å²) in [7, 11) is 4.19. The number of esters is 1. The van der Waals surface area contributed by atoms with Crippen LogP contribution in [-0.4, -0.2) is 70.6 Å². The average Bonchev–Trinajstić information content (AvgIpc) is 3.30. The summed E-state index contributed by atoms with van der Waals surface area (Å²) in [6.07, 6.45) is 8.55. The number of imidazole rings is 1. The van der Waals surface area contributed by atoms with Crippen molar-refractivity contribution in [3.8, 4) is 0 Å². The molecular weight excluding hydrogens is 320 g/mol. The highest BCUT2D eigenvalue weighted by Gasteiger charge is 2.26. The van der Waals surface area contributed by atoms with Crippen molar-refractivity contribution in [2.45, 2.75) is 57.2 Å². The summed E-state index contributed by atoms with van der Waals surface area (Å²) in [4.78, 5) is 32.8. The van der Waals surface area contributed by atoms with Gasteiger partial charge in [0.25, 0.3) is 0 Å². The third-order valence-electron chi connectivity index (χ3n) is 5.03. The molecular formula is C18H28N4O3. The number of hydrogen-bond donors (Lipinski definition) is 0. The van der Waals surface area contributed by atoms with E-state index in [2.05, 4.69) is 24.0 Å². The minimum Gasteiger partial charge on any atom is -0.461 e. The Bertz CT molecular complexity index is 601. The van der Waals surface area contributed by atoms with Gasteiger partial charge in [-0.25, -0.2) is 4.98 Å². The first-order chi connectivity index (χ1) is 12.0. The average molecular weight is 348 g/mol. The van der Waals surface area contributed by atoms with Crippen molar-refractivity contribution in [1.82, 2.24) is 19.4 Å². The van der Waals surface area contributed by atoms with Crippen LogP contribution in [-0.2, 0) is 27.3 Å². The van der Waals surface area contributed by atoms with Crippen molar-refractivity contribution < 1.29 is 14.3 Å². The van der Waals surface area contributed by atoms with E-state index in [1.54, 1.807) is 17.0 Å². The number of ether oxygens (including phenoxy) is 1. The number of aryl methyl sites for hydroxylation is 1. The Balaban J connectivity index is 1.44. The van der Waals surface area contributed by atoms with E-state index in [9.17, 15) is 9.59 Å². The van der Waals surface area contributed by atoms with E-state index in [0.29, 0.717) is 18.9 Å². The van der Waals surface area contributed by atoms with Crippen molar-refractivity contribution in [3.05, 3.63) is 18.2 Å². The Morgan fingerprint density at radius 1 is 1.24 bits per heavy atom. The van der Waals surface area contributed by atoms with Gasteiger partial charge in [0.1, 0.15) is 18.5 Å². The molecule has 3 rings (SSSR count). The molecule has 1 saturated heterocycles. The number of aromatic nitrogens is 2. The van der Waals surface area contributed by atoms with Crippen molar-refractivity contribution in [3.63, 3.8) is 0 Å². The van der Waals surface area contributed by atoms with Crippen LogP contribution in [0.5, 0.6) is 0 Å². The lowest BCUT2D eigenvalue weighted by atomic mass is 10.0. The van der Waals surface area contributed by atoms with Gasteiger partial charge >= 0.3 is 5.97 Å². The fourth-order valence-electron chi connectivity index (χ4n) is 3.27. The van der Waals surface area contributed by atoms with Crippen LogP contribution in [0.2, 0.25) is 0 Å². The van der Waals surface area contributed by atoms with E-state index in [1.807, 2.05) is 4.90 Å². The SMILES string of the molecule is CN(C)C1CCN(C(=O)CCc2nccn2CC(=O)OC2CC2)CC1. The van der Waals surface area contributed by atoms with Crippen LogP contribution in [0, 0.1) is 0 Å². The van der Waals surface area contributed by atoms with E-state index in [4.69, 9.17) is 4.74 Å². The van der Waals surface area contributed by atoms with E-state index in [1.165, 1.54) is 0 Å². The zero-order chi connectivity index (χ0) is 17.8. The van der Waals surface area contributed by atoms with Gasteiger partial charge in [-0.1, -0.05) is 0 Å². The molecule has 1 aliphatic heterocycles. The lowest BCUT2D eigenvalue weighted by molar-refractivity contribution is -0.145. The molecule has 1 aliphatic carbocycles. The van der Waals surface area contributed by atoms with Crippen LogP contribution in [0.15, 0.2) is 12.4 Å². The molecule has 0 spiro atoms. The first-order valence-electron chi connectivity index (χ1n) is 9.16. The van der Waals surface area contributed by atoms with Gasteiger partial charge in [0, 0.05) is 44.4 Å². The van der Waals surface area contributed by atoms with Crippen molar-refractivity contribution in [2.24, 2.45) is 0 Å². The zero-order valence-corrected chi connectivity index (χ0v) is 15.2. The minimum atomic E-state index is -0.223. The number of carbonyl (C=O) groups excluding carboxylic acids is 2. The molecule has 1 amide bonds. The summed E-state index contributed by atoms with van der Waals surface area (Å²) in [6.45, 7) is 1.82. The second kappa shape index (κ2) is 7.99. The maximum atomic E-state index is 12.4. The third kappa shape index (κ3) is 5.04. The summed E-state index contributed by atoms with van der Waals surface area (Å²) >= 11 is 0. The van der Waals surface area contributed by atoms with Crippen LogP contribution in [0.1, 0.15) is 37.9 Å². The molecule has 1 saturated carbocycles. The standard InChI is InChI=1S/C18H28N4O3/c1-20(2)14-7-10-21(11-8-14)17(23)6-5-16-19-9-12-22(16)13-18(24)25-15-3-4-15/h9,12,14-15H,3-8,10-11,13H2,1-2H3. The smallest absolute Gasteiger partial charge is 0.326 e. The summed E-state index contributed by atoms with van der Waals surface area (Å²) in [5, 5.41) is 0. The Morgan fingerprint density at radius 2 is 1.96 bits per heavy atom. The van der Waals surface area contributed by atoms with Gasteiger partial charge < -0.3 is 19.1 Å². The highest BCUT2D eigenvalue weighted by molar-refractivity contribution is 5.76. The van der Waals surface area contributed by atoms with Crippen LogP contribution >= 0.6 is 0 Å². The normalized spacial score (nSPS) is 18.6. The molecule has 25 heavy (non-hydrogen) atoms. The molecule has 1 aromatic heterocycles. The molecule has 0 N–H and O–H groups in total. The molecule has 0 bridgehead atoms. The molecule has 0 atom stereocenters. The Hall–Kier alpha value is -1.89. The van der Waals surface area contributed by atoms with Crippen LogP contribution in [0.4, 0.5) is 0 Å². The van der Waals surface area contributed by atoms with E-state index in [0.717, 1.165) is 44.6 Å². The number of nitrogens with zero attached hydrogens (tertiary/aromatic N) is 4. The maximum Gasteiger partial charge on any atom is 0.326 e. The highest BCUT2D eigenvalue weighted by Crippen LogP contribution is 2.23. The number of hydrogen-bond acceptors (Lipinski definition) is 5. The van der Waals surface area contributed by atoms with E-state index in [-0.39, 0.29) is 24.5 Å². The molecule has 7 nitrogen and oxygen atoms in total. The van der Waals surface area contributed by atoms with Crippen molar-refractivity contribution >= 4 is 11.9 Å². The van der Waals surface area contributed by atoms with Gasteiger partial charge in [-0.3, -0.25) is 9.59 Å². The first-order valence-corrected chi connectivity index (χ1v) is 9.16. The molecule has 2 heterocycles. The second-order valence-corrected chi connectivity index (χ2v) is 7.24.